The molecule has 2 aromatic heterocycles. The van der Waals surface area contributed by atoms with Gasteiger partial charge in [0.2, 0.25) is 0 Å². The van der Waals surface area contributed by atoms with Gasteiger partial charge in [-0.2, -0.15) is 0 Å². The van der Waals surface area contributed by atoms with Gasteiger partial charge in [0.25, 0.3) is 0 Å². The van der Waals surface area contributed by atoms with Gasteiger partial charge in [0, 0.05) is 12.6 Å². The first kappa shape index (κ1) is 14.1. The lowest BCUT2D eigenvalue weighted by Crippen LogP contribution is -2.05. The molecular formula is C17H18N4O. The molecule has 0 aliphatic heterocycles. The minimum Gasteiger partial charge on any atom is -0.467 e. The van der Waals surface area contributed by atoms with Gasteiger partial charge in [-0.3, -0.25) is 0 Å². The molecule has 0 radical (unpaired) electrons. The molecule has 0 aliphatic carbocycles. The summed E-state index contributed by atoms with van der Waals surface area (Å²) in [5.41, 5.74) is 2.48. The highest BCUT2D eigenvalue weighted by Crippen LogP contribution is 2.12. The predicted octanol–water partition coefficient (Wildman–Crippen LogP) is 3.60. The third-order valence-corrected chi connectivity index (χ3v) is 3.29. The van der Waals surface area contributed by atoms with Crippen molar-refractivity contribution < 1.29 is 4.42 Å². The van der Waals surface area contributed by atoms with Crippen LogP contribution in [0.25, 0.3) is 0 Å². The van der Waals surface area contributed by atoms with E-state index in [-0.39, 0.29) is 0 Å². The molecule has 112 valence electrons. The maximum absolute atomic E-state index is 5.28. The van der Waals surface area contributed by atoms with Gasteiger partial charge in [0.1, 0.15) is 23.7 Å². The number of hydrogen-bond donors (Lipinski definition) is 2. The maximum atomic E-state index is 5.28. The third-order valence-electron chi connectivity index (χ3n) is 3.29. The average Bonchev–Trinajstić information content (AvgIpc) is 3.06. The van der Waals surface area contributed by atoms with Gasteiger partial charge in [0.15, 0.2) is 0 Å². The van der Waals surface area contributed by atoms with E-state index < -0.39 is 0 Å². The second-order valence-corrected chi connectivity index (χ2v) is 5.06. The lowest BCUT2D eigenvalue weighted by Gasteiger charge is -2.08. The molecule has 0 atom stereocenters. The fourth-order valence-corrected chi connectivity index (χ4v) is 2.04. The van der Waals surface area contributed by atoms with Crippen molar-refractivity contribution in [2.75, 3.05) is 10.6 Å². The number of nitrogens with zero attached hydrogens (tertiary/aromatic N) is 2. The number of benzene rings is 1. The Kier molecular flexibility index (Phi) is 4.34. The first-order valence-corrected chi connectivity index (χ1v) is 7.17. The van der Waals surface area contributed by atoms with Crippen molar-refractivity contribution >= 4 is 11.6 Å². The highest BCUT2D eigenvalue weighted by Gasteiger charge is 2.00. The van der Waals surface area contributed by atoms with Crippen LogP contribution >= 0.6 is 0 Å². The van der Waals surface area contributed by atoms with Crippen LogP contribution in [0.4, 0.5) is 11.6 Å². The van der Waals surface area contributed by atoms with Gasteiger partial charge in [-0.05, 0) is 24.6 Å². The van der Waals surface area contributed by atoms with Crippen LogP contribution in [-0.4, -0.2) is 9.97 Å². The van der Waals surface area contributed by atoms with Crippen LogP contribution in [0.3, 0.4) is 0 Å². The summed E-state index contributed by atoms with van der Waals surface area (Å²) in [5.74, 6) is 2.42. The molecule has 3 rings (SSSR count). The summed E-state index contributed by atoms with van der Waals surface area (Å²) in [4.78, 5) is 8.43. The number of aryl methyl sites for hydroxylation is 1. The van der Waals surface area contributed by atoms with Crippen LogP contribution in [0, 0.1) is 6.92 Å². The van der Waals surface area contributed by atoms with Gasteiger partial charge >= 0.3 is 0 Å². The smallest absolute Gasteiger partial charge is 0.131 e. The molecule has 5 nitrogen and oxygen atoms in total. The molecule has 0 amide bonds. The molecule has 0 unspecified atom stereocenters. The van der Waals surface area contributed by atoms with Crippen LogP contribution < -0.4 is 10.6 Å². The van der Waals surface area contributed by atoms with Crippen LogP contribution in [0.2, 0.25) is 0 Å². The average molecular weight is 294 g/mol. The summed E-state index contributed by atoms with van der Waals surface area (Å²) >= 11 is 0. The molecule has 3 aromatic rings. The van der Waals surface area contributed by atoms with E-state index in [1.54, 1.807) is 12.6 Å². The lowest BCUT2D eigenvalue weighted by molar-refractivity contribution is 0.518. The van der Waals surface area contributed by atoms with Gasteiger partial charge in [0.05, 0.1) is 12.8 Å². The number of furan rings is 1. The van der Waals surface area contributed by atoms with Gasteiger partial charge in [-0.25, -0.2) is 9.97 Å². The van der Waals surface area contributed by atoms with Crippen molar-refractivity contribution in [3.8, 4) is 0 Å². The Hall–Kier alpha value is -2.82. The van der Waals surface area contributed by atoms with Gasteiger partial charge < -0.3 is 15.1 Å². The quantitative estimate of drug-likeness (QED) is 0.727. The SMILES string of the molecule is Cc1ccc(CNc2cc(NCc3ccco3)ncn2)cc1. The molecule has 0 saturated heterocycles. The number of anilines is 2. The summed E-state index contributed by atoms with van der Waals surface area (Å²) in [5, 5.41) is 6.51. The van der Waals surface area contributed by atoms with E-state index in [0.717, 1.165) is 23.9 Å². The van der Waals surface area contributed by atoms with Crippen molar-refractivity contribution in [1.82, 2.24) is 9.97 Å². The van der Waals surface area contributed by atoms with Crippen LogP contribution in [0.15, 0.2) is 59.5 Å². The Labute approximate surface area is 129 Å². The Bertz CT molecular complexity index is 708. The zero-order valence-electron chi connectivity index (χ0n) is 12.4. The second-order valence-electron chi connectivity index (χ2n) is 5.06. The summed E-state index contributed by atoms with van der Waals surface area (Å²) < 4.78 is 5.28. The molecule has 0 fully saturated rings. The van der Waals surface area contributed by atoms with E-state index in [2.05, 4.69) is 51.8 Å². The molecule has 0 aliphatic rings. The van der Waals surface area contributed by atoms with Crippen LogP contribution in [0.5, 0.6) is 0 Å². The standard InChI is InChI=1S/C17H18N4O/c1-13-4-6-14(7-5-13)10-18-16-9-17(21-12-20-16)19-11-15-3-2-8-22-15/h2-9,12H,10-11H2,1H3,(H2,18,19,20,21). The Morgan fingerprint density at radius 3 is 2.36 bits per heavy atom. The lowest BCUT2D eigenvalue weighted by atomic mass is 10.1. The first-order valence-electron chi connectivity index (χ1n) is 7.17. The highest BCUT2D eigenvalue weighted by molar-refractivity contribution is 5.46. The van der Waals surface area contributed by atoms with Gasteiger partial charge in [-0.1, -0.05) is 29.8 Å². The normalized spacial score (nSPS) is 10.4. The zero-order chi connectivity index (χ0) is 15.2. The number of nitrogens with one attached hydrogen (secondary N) is 2. The van der Waals surface area contributed by atoms with E-state index in [9.17, 15) is 0 Å². The second kappa shape index (κ2) is 6.76. The topological polar surface area (TPSA) is 63.0 Å². The summed E-state index contributed by atoms with van der Waals surface area (Å²) in [6.07, 6.45) is 3.20. The van der Waals surface area contributed by atoms with Gasteiger partial charge in [-0.15, -0.1) is 0 Å². The van der Waals surface area contributed by atoms with Crippen molar-refractivity contribution in [3.63, 3.8) is 0 Å². The molecule has 5 heteroatoms. The molecule has 2 N–H and O–H groups in total. The van der Waals surface area contributed by atoms with E-state index in [4.69, 9.17) is 4.42 Å². The molecular weight excluding hydrogens is 276 g/mol. The number of rotatable bonds is 6. The summed E-state index contributed by atoms with van der Waals surface area (Å²) in [6.45, 7) is 3.41. The van der Waals surface area contributed by atoms with Crippen molar-refractivity contribution in [2.45, 2.75) is 20.0 Å². The van der Waals surface area contributed by atoms with Crippen LogP contribution in [0.1, 0.15) is 16.9 Å². The Morgan fingerprint density at radius 2 is 1.68 bits per heavy atom. The van der Waals surface area contributed by atoms with Crippen molar-refractivity contribution in [2.24, 2.45) is 0 Å². The maximum Gasteiger partial charge on any atom is 0.131 e. The molecule has 22 heavy (non-hydrogen) atoms. The minimum absolute atomic E-state index is 0.599. The minimum atomic E-state index is 0.599. The fraction of sp³-hybridized carbons (Fsp3) is 0.176. The van der Waals surface area contributed by atoms with E-state index in [1.165, 1.54) is 11.1 Å². The Balaban J connectivity index is 1.57. The fourth-order valence-electron chi connectivity index (χ4n) is 2.04. The number of aromatic nitrogens is 2. The Morgan fingerprint density at radius 1 is 0.955 bits per heavy atom. The van der Waals surface area contributed by atoms with Crippen molar-refractivity contribution in [3.05, 3.63) is 71.9 Å². The van der Waals surface area contributed by atoms with Crippen LogP contribution in [-0.2, 0) is 13.1 Å². The molecule has 0 spiro atoms. The molecule has 1 aromatic carbocycles. The summed E-state index contributed by atoms with van der Waals surface area (Å²) in [7, 11) is 0. The third kappa shape index (κ3) is 3.85. The van der Waals surface area contributed by atoms with E-state index in [1.807, 2.05) is 18.2 Å². The van der Waals surface area contributed by atoms with Crippen molar-refractivity contribution in [1.29, 1.82) is 0 Å². The largest absolute Gasteiger partial charge is 0.467 e. The molecule has 0 bridgehead atoms. The predicted molar refractivity (Wildman–Crippen MR) is 86.6 cm³/mol. The van der Waals surface area contributed by atoms with E-state index >= 15 is 0 Å². The molecule has 2 heterocycles. The summed E-state index contributed by atoms with van der Waals surface area (Å²) in [6, 6.07) is 14.1. The first-order chi connectivity index (χ1) is 10.8. The monoisotopic (exact) mass is 294 g/mol. The zero-order valence-corrected chi connectivity index (χ0v) is 12.4. The molecule has 0 saturated carbocycles. The highest BCUT2D eigenvalue weighted by atomic mass is 16.3. The van der Waals surface area contributed by atoms with E-state index in [0.29, 0.717) is 6.54 Å². The number of hydrogen-bond acceptors (Lipinski definition) is 5.